The van der Waals surface area contributed by atoms with Crippen LogP contribution in [0.4, 0.5) is 5.69 Å². The second-order valence-corrected chi connectivity index (χ2v) is 8.27. The van der Waals surface area contributed by atoms with E-state index in [0.29, 0.717) is 17.2 Å². The van der Waals surface area contributed by atoms with Crippen LogP contribution in [-0.4, -0.2) is 40.8 Å². The monoisotopic (exact) mass is 406 g/mol. The Bertz CT molecular complexity index is 915. The van der Waals surface area contributed by atoms with Gasteiger partial charge in [-0.25, -0.2) is 8.42 Å². The Labute approximate surface area is 166 Å². The molecule has 1 amide bonds. The quantitative estimate of drug-likeness (QED) is 0.729. The first-order valence-electron chi connectivity index (χ1n) is 8.75. The molecule has 0 aliphatic rings. The SMILES string of the molecule is COc1ccc(N([C@H](C)C(=O)N[C@H](C)c2ccccc2)S(C)(=O)=O)cc1OC. The highest BCUT2D eigenvalue weighted by Gasteiger charge is 2.30. The van der Waals surface area contributed by atoms with E-state index in [1.165, 1.54) is 20.3 Å². The molecule has 28 heavy (non-hydrogen) atoms. The Balaban J connectivity index is 2.31. The van der Waals surface area contributed by atoms with E-state index in [0.717, 1.165) is 16.1 Å². The fourth-order valence-electron chi connectivity index (χ4n) is 2.93. The highest BCUT2D eigenvalue weighted by Crippen LogP contribution is 2.33. The van der Waals surface area contributed by atoms with Gasteiger partial charge < -0.3 is 14.8 Å². The minimum absolute atomic E-state index is 0.261. The molecular weight excluding hydrogens is 380 g/mol. The lowest BCUT2D eigenvalue weighted by molar-refractivity contribution is -0.122. The molecule has 2 rings (SSSR count). The fraction of sp³-hybridized carbons (Fsp3) is 0.350. The highest BCUT2D eigenvalue weighted by atomic mass is 32.2. The number of benzene rings is 2. The summed E-state index contributed by atoms with van der Waals surface area (Å²) in [6, 6.07) is 12.9. The van der Waals surface area contributed by atoms with Crippen molar-refractivity contribution in [3.05, 3.63) is 54.1 Å². The summed E-state index contributed by atoms with van der Waals surface area (Å²) in [5.41, 5.74) is 1.25. The maximum atomic E-state index is 12.8. The molecule has 0 saturated carbocycles. The summed E-state index contributed by atoms with van der Waals surface area (Å²) in [4.78, 5) is 12.8. The predicted molar refractivity (Wildman–Crippen MR) is 109 cm³/mol. The van der Waals surface area contributed by atoms with Gasteiger partial charge in [0.15, 0.2) is 11.5 Å². The normalized spacial score (nSPS) is 13.3. The van der Waals surface area contributed by atoms with Crippen LogP contribution < -0.4 is 19.1 Å². The van der Waals surface area contributed by atoms with E-state index in [-0.39, 0.29) is 6.04 Å². The molecular formula is C20H26N2O5S. The first-order chi connectivity index (χ1) is 13.2. The maximum absolute atomic E-state index is 12.8. The highest BCUT2D eigenvalue weighted by molar-refractivity contribution is 7.92. The number of nitrogens with zero attached hydrogens (tertiary/aromatic N) is 1. The molecule has 152 valence electrons. The Morgan fingerprint density at radius 3 is 2.14 bits per heavy atom. The van der Waals surface area contributed by atoms with Crippen LogP contribution in [0.3, 0.4) is 0 Å². The molecule has 0 aliphatic heterocycles. The van der Waals surface area contributed by atoms with Crippen molar-refractivity contribution >= 4 is 21.6 Å². The number of hydrogen-bond acceptors (Lipinski definition) is 5. The summed E-state index contributed by atoms with van der Waals surface area (Å²) in [6.07, 6.45) is 1.06. The minimum Gasteiger partial charge on any atom is -0.493 e. The lowest BCUT2D eigenvalue weighted by Gasteiger charge is -2.29. The van der Waals surface area contributed by atoms with Crippen molar-refractivity contribution < 1.29 is 22.7 Å². The van der Waals surface area contributed by atoms with Crippen LogP contribution in [-0.2, 0) is 14.8 Å². The van der Waals surface area contributed by atoms with Gasteiger partial charge in [0, 0.05) is 6.07 Å². The number of rotatable bonds is 8. The number of sulfonamides is 1. The van der Waals surface area contributed by atoms with E-state index >= 15 is 0 Å². The molecule has 0 bridgehead atoms. The van der Waals surface area contributed by atoms with E-state index < -0.39 is 22.0 Å². The van der Waals surface area contributed by atoms with Crippen LogP contribution in [0.15, 0.2) is 48.5 Å². The van der Waals surface area contributed by atoms with Crippen LogP contribution in [0.25, 0.3) is 0 Å². The van der Waals surface area contributed by atoms with Crippen LogP contribution in [0.1, 0.15) is 25.5 Å². The van der Waals surface area contributed by atoms with Gasteiger partial charge in [0.1, 0.15) is 6.04 Å². The third kappa shape index (κ3) is 4.95. The number of ether oxygens (including phenoxy) is 2. The topological polar surface area (TPSA) is 84.9 Å². The standard InChI is InChI=1S/C20H26N2O5S/c1-14(16-9-7-6-8-10-16)21-20(23)15(2)22(28(5,24)25)17-11-12-18(26-3)19(13-17)27-4/h6-15H,1-5H3,(H,21,23)/t14-,15-/m1/s1. The van der Waals surface area contributed by atoms with Crippen molar-refractivity contribution in [2.24, 2.45) is 0 Å². The average molecular weight is 407 g/mol. The first kappa shape index (κ1) is 21.6. The Hall–Kier alpha value is -2.74. The molecule has 0 unspecified atom stereocenters. The molecule has 2 atom stereocenters. The largest absolute Gasteiger partial charge is 0.493 e. The van der Waals surface area contributed by atoms with Crippen LogP contribution >= 0.6 is 0 Å². The van der Waals surface area contributed by atoms with Crippen molar-refractivity contribution in [2.75, 3.05) is 24.8 Å². The zero-order chi connectivity index (χ0) is 20.9. The maximum Gasteiger partial charge on any atom is 0.244 e. The smallest absolute Gasteiger partial charge is 0.244 e. The fourth-order valence-corrected chi connectivity index (χ4v) is 4.10. The number of carbonyl (C=O) groups excluding carboxylic acids is 1. The molecule has 0 heterocycles. The van der Waals surface area contributed by atoms with Crippen molar-refractivity contribution in [3.63, 3.8) is 0 Å². The number of carbonyl (C=O) groups is 1. The van der Waals surface area contributed by atoms with Gasteiger partial charge >= 0.3 is 0 Å². The number of nitrogens with one attached hydrogen (secondary N) is 1. The third-order valence-corrected chi connectivity index (χ3v) is 5.61. The molecule has 0 aromatic heterocycles. The Morgan fingerprint density at radius 1 is 1.00 bits per heavy atom. The van der Waals surface area contributed by atoms with Crippen LogP contribution in [0.5, 0.6) is 11.5 Å². The minimum atomic E-state index is -3.73. The number of hydrogen-bond donors (Lipinski definition) is 1. The number of anilines is 1. The summed E-state index contributed by atoms with van der Waals surface area (Å²) in [7, 11) is -0.776. The molecule has 0 radical (unpaired) electrons. The molecule has 0 fully saturated rings. The van der Waals surface area contributed by atoms with Crippen molar-refractivity contribution in [1.29, 1.82) is 0 Å². The average Bonchev–Trinajstić information content (AvgIpc) is 2.67. The van der Waals surface area contributed by atoms with Gasteiger partial charge in [-0.15, -0.1) is 0 Å². The second kappa shape index (κ2) is 8.97. The van der Waals surface area contributed by atoms with Gasteiger partial charge in [0.05, 0.1) is 32.2 Å². The lowest BCUT2D eigenvalue weighted by Crippen LogP contribution is -2.48. The lowest BCUT2D eigenvalue weighted by atomic mass is 10.1. The summed E-state index contributed by atoms with van der Waals surface area (Å²) >= 11 is 0. The first-order valence-corrected chi connectivity index (χ1v) is 10.6. The van der Waals surface area contributed by atoms with Gasteiger partial charge in [0.25, 0.3) is 0 Å². The van der Waals surface area contributed by atoms with E-state index in [2.05, 4.69) is 5.32 Å². The summed E-state index contributed by atoms with van der Waals surface area (Å²) in [6.45, 7) is 3.39. The Morgan fingerprint density at radius 2 is 1.61 bits per heavy atom. The van der Waals surface area contributed by atoms with Gasteiger partial charge in [-0.05, 0) is 31.5 Å². The van der Waals surface area contributed by atoms with Gasteiger partial charge in [-0.2, -0.15) is 0 Å². The van der Waals surface area contributed by atoms with E-state index in [1.807, 2.05) is 37.3 Å². The molecule has 1 N–H and O–H groups in total. The van der Waals surface area contributed by atoms with Crippen LogP contribution in [0, 0.1) is 0 Å². The van der Waals surface area contributed by atoms with Crippen molar-refractivity contribution in [3.8, 4) is 11.5 Å². The molecule has 2 aromatic carbocycles. The molecule has 8 heteroatoms. The molecule has 0 saturated heterocycles. The van der Waals surface area contributed by atoms with E-state index in [4.69, 9.17) is 9.47 Å². The van der Waals surface area contributed by atoms with E-state index in [1.54, 1.807) is 19.1 Å². The second-order valence-electron chi connectivity index (χ2n) is 6.42. The third-order valence-electron chi connectivity index (χ3n) is 4.37. The van der Waals surface area contributed by atoms with Gasteiger partial charge in [-0.1, -0.05) is 30.3 Å². The predicted octanol–water partition coefficient (Wildman–Crippen LogP) is 2.74. The summed E-state index contributed by atoms with van der Waals surface area (Å²) < 4.78 is 36.4. The molecule has 7 nitrogen and oxygen atoms in total. The zero-order valence-electron chi connectivity index (χ0n) is 16.7. The van der Waals surface area contributed by atoms with Crippen LogP contribution in [0.2, 0.25) is 0 Å². The van der Waals surface area contributed by atoms with E-state index in [9.17, 15) is 13.2 Å². The molecule has 0 spiro atoms. The Kier molecular flexibility index (Phi) is 6.90. The number of methoxy groups -OCH3 is 2. The van der Waals surface area contributed by atoms with Gasteiger partial charge in [0.2, 0.25) is 15.9 Å². The number of amides is 1. The summed E-state index contributed by atoms with van der Waals surface area (Å²) in [5, 5.41) is 2.87. The molecule has 0 aliphatic carbocycles. The zero-order valence-corrected chi connectivity index (χ0v) is 17.5. The van der Waals surface area contributed by atoms with Crippen molar-refractivity contribution in [2.45, 2.75) is 25.9 Å². The van der Waals surface area contributed by atoms with Gasteiger partial charge in [-0.3, -0.25) is 9.10 Å². The van der Waals surface area contributed by atoms with Crippen molar-refractivity contribution in [1.82, 2.24) is 5.32 Å². The summed E-state index contributed by atoms with van der Waals surface area (Å²) in [5.74, 6) is 0.435. The molecule has 2 aromatic rings.